The molecule has 2 aromatic rings. The molecule has 0 aliphatic carbocycles. The summed E-state index contributed by atoms with van der Waals surface area (Å²) >= 11 is 0. The fourth-order valence-electron chi connectivity index (χ4n) is 2.24. The van der Waals surface area contributed by atoms with Crippen LogP contribution in [-0.2, 0) is 15.7 Å². The highest BCUT2D eigenvalue weighted by Gasteiger charge is 2.30. The predicted octanol–water partition coefficient (Wildman–Crippen LogP) is 4.75. The van der Waals surface area contributed by atoms with Crippen molar-refractivity contribution < 1.29 is 27.5 Å². The lowest BCUT2D eigenvalue weighted by Crippen LogP contribution is -2.18. The number of esters is 1. The summed E-state index contributed by atoms with van der Waals surface area (Å²) in [6.07, 6.45) is -4.43. The summed E-state index contributed by atoms with van der Waals surface area (Å²) in [4.78, 5) is 23.8. The lowest BCUT2D eigenvalue weighted by atomic mass is 10.0. The lowest BCUT2D eigenvalue weighted by Gasteiger charge is -2.13. The predicted molar refractivity (Wildman–Crippen MR) is 91.7 cm³/mol. The Bertz CT molecular complexity index is 812. The number of hydrogen-bond donors (Lipinski definition) is 1. The number of carbonyl (C=O) groups is 2. The van der Waals surface area contributed by atoms with Crippen LogP contribution >= 0.6 is 0 Å². The van der Waals surface area contributed by atoms with E-state index in [1.165, 1.54) is 31.4 Å². The number of amides is 1. The normalized spacial score (nSPS) is 11.3. The number of methoxy groups -OCH3 is 1. The van der Waals surface area contributed by atoms with E-state index in [-0.39, 0.29) is 17.4 Å². The maximum absolute atomic E-state index is 12.7. The summed E-state index contributed by atoms with van der Waals surface area (Å²) in [6.45, 7) is 3.44. The van der Waals surface area contributed by atoms with Crippen LogP contribution in [0.15, 0.2) is 42.5 Å². The van der Waals surface area contributed by atoms with Gasteiger partial charge >= 0.3 is 12.1 Å². The fourth-order valence-corrected chi connectivity index (χ4v) is 2.24. The molecule has 0 atom stereocenters. The van der Waals surface area contributed by atoms with Crippen molar-refractivity contribution in [3.8, 4) is 11.1 Å². The zero-order valence-corrected chi connectivity index (χ0v) is 14.5. The van der Waals surface area contributed by atoms with Crippen LogP contribution in [-0.4, -0.2) is 19.0 Å². The van der Waals surface area contributed by atoms with Crippen molar-refractivity contribution in [2.45, 2.75) is 20.0 Å². The van der Waals surface area contributed by atoms with Crippen LogP contribution < -0.4 is 5.32 Å². The third-order valence-corrected chi connectivity index (χ3v) is 3.69. The van der Waals surface area contributed by atoms with E-state index in [1.807, 2.05) is 0 Å². The van der Waals surface area contributed by atoms with Gasteiger partial charge in [0, 0.05) is 11.6 Å². The number of carbonyl (C=O) groups excluding carboxylic acids is 2. The highest BCUT2D eigenvalue weighted by molar-refractivity contribution is 5.97. The van der Waals surface area contributed by atoms with Crippen molar-refractivity contribution in [1.29, 1.82) is 0 Å². The molecule has 0 bridgehead atoms. The molecule has 0 aliphatic heterocycles. The molecule has 2 rings (SSSR count). The maximum atomic E-state index is 12.7. The standard InChI is InChI=1S/C19H18F3NO3/c1-11(2)17(24)23-16-9-13(8-14(10-16)18(25)26-3)12-4-6-15(7-5-12)19(20,21)22/h4-11H,1-3H3,(H,23,24). The molecule has 0 saturated heterocycles. The van der Waals surface area contributed by atoms with Crippen molar-refractivity contribution in [1.82, 2.24) is 0 Å². The molecule has 0 radical (unpaired) electrons. The molecule has 2 aromatic carbocycles. The first-order valence-electron chi connectivity index (χ1n) is 7.83. The smallest absolute Gasteiger partial charge is 0.416 e. The Morgan fingerprint density at radius 1 is 1.00 bits per heavy atom. The molecular weight excluding hydrogens is 347 g/mol. The highest BCUT2D eigenvalue weighted by atomic mass is 19.4. The minimum atomic E-state index is -4.43. The maximum Gasteiger partial charge on any atom is 0.416 e. The Balaban J connectivity index is 2.46. The summed E-state index contributed by atoms with van der Waals surface area (Å²) in [5, 5.41) is 2.68. The molecule has 0 heterocycles. The van der Waals surface area contributed by atoms with Crippen LogP contribution in [0, 0.1) is 5.92 Å². The van der Waals surface area contributed by atoms with Gasteiger partial charge in [-0.05, 0) is 41.5 Å². The van der Waals surface area contributed by atoms with Gasteiger partial charge in [-0.1, -0.05) is 26.0 Å². The van der Waals surface area contributed by atoms with Crippen molar-refractivity contribution in [2.75, 3.05) is 12.4 Å². The van der Waals surface area contributed by atoms with Gasteiger partial charge in [-0.3, -0.25) is 4.79 Å². The molecule has 0 saturated carbocycles. The van der Waals surface area contributed by atoms with Crippen LogP contribution in [0.3, 0.4) is 0 Å². The van der Waals surface area contributed by atoms with Gasteiger partial charge in [0.15, 0.2) is 0 Å². The molecule has 0 fully saturated rings. The quantitative estimate of drug-likeness (QED) is 0.796. The lowest BCUT2D eigenvalue weighted by molar-refractivity contribution is -0.137. The summed E-state index contributed by atoms with van der Waals surface area (Å²) in [7, 11) is 1.22. The summed E-state index contributed by atoms with van der Waals surface area (Å²) in [5.41, 5.74) is 0.744. The summed E-state index contributed by atoms with van der Waals surface area (Å²) < 4.78 is 42.8. The Kier molecular flexibility index (Phi) is 5.69. The average Bonchev–Trinajstić information content (AvgIpc) is 2.60. The Morgan fingerprint density at radius 2 is 1.62 bits per heavy atom. The van der Waals surface area contributed by atoms with E-state index in [4.69, 9.17) is 4.74 Å². The van der Waals surface area contributed by atoms with E-state index in [2.05, 4.69) is 5.32 Å². The zero-order valence-electron chi connectivity index (χ0n) is 14.5. The van der Waals surface area contributed by atoms with Crippen LogP contribution in [0.25, 0.3) is 11.1 Å². The van der Waals surface area contributed by atoms with Crippen LogP contribution in [0.1, 0.15) is 29.8 Å². The Morgan fingerprint density at radius 3 is 2.12 bits per heavy atom. The van der Waals surface area contributed by atoms with Gasteiger partial charge in [0.05, 0.1) is 18.2 Å². The minimum Gasteiger partial charge on any atom is -0.465 e. The highest BCUT2D eigenvalue weighted by Crippen LogP contribution is 2.32. The van der Waals surface area contributed by atoms with E-state index < -0.39 is 17.7 Å². The largest absolute Gasteiger partial charge is 0.465 e. The molecule has 0 spiro atoms. The molecule has 0 aliphatic rings. The molecule has 1 amide bonds. The van der Waals surface area contributed by atoms with E-state index in [0.717, 1.165) is 12.1 Å². The summed E-state index contributed by atoms with van der Waals surface area (Å²) in [6, 6.07) is 9.11. The van der Waals surface area contributed by atoms with Crippen molar-refractivity contribution in [3.63, 3.8) is 0 Å². The Hall–Kier alpha value is -2.83. The number of nitrogens with one attached hydrogen (secondary N) is 1. The topological polar surface area (TPSA) is 55.4 Å². The Labute approximate surface area is 149 Å². The second kappa shape index (κ2) is 7.59. The van der Waals surface area contributed by atoms with Gasteiger partial charge < -0.3 is 10.1 Å². The minimum absolute atomic E-state index is 0.184. The number of hydrogen-bond acceptors (Lipinski definition) is 3. The third kappa shape index (κ3) is 4.62. The van der Waals surface area contributed by atoms with E-state index in [9.17, 15) is 22.8 Å². The fraction of sp³-hybridized carbons (Fsp3) is 0.263. The monoisotopic (exact) mass is 365 g/mol. The number of halogens is 3. The molecule has 0 aromatic heterocycles. The first-order chi connectivity index (χ1) is 12.1. The van der Waals surface area contributed by atoms with Crippen molar-refractivity contribution in [2.24, 2.45) is 5.92 Å². The first-order valence-corrected chi connectivity index (χ1v) is 7.83. The average molecular weight is 365 g/mol. The number of alkyl halides is 3. The van der Waals surface area contributed by atoms with Gasteiger partial charge in [-0.15, -0.1) is 0 Å². The van der Waals surface area contributed by atoms with E-state index >= 15 is 0 Å². The van der Waals surface area contributed by atoms with Gasteiger partial charge in [-0.25, -0.2) is 4.79 Å². The van der Waals surface area contributed by atoms with Crippen LogP contribution in [0.2, 0.25) is 0 Å². The molecular formula is C19H18F3NO3. The van der Waals surface area contributed by atoms with Crippen molar-refractivity contribution in [3.05, 3.63) is 53.6 Å². The number of ether oxygens (including phenoxy) is 1. The molecule has 26 heavy (non-hydrogen) atoms. The van der Waals surface area contributed by atoms with Gasteiger partial charge in [0.25, 0.3) is 0 Å². The van der Waals surface area contributed by atoms with E-state index in [0.29, 0.717) is 16.8 Å². The molecule has 1 N–H and O–H groups in total. The van der Waals surface area contributed by atoms with Crippen LogP contribution in [0.4, 0.5) is 18.9 Å². The number of benzene rings is 2. The van der Waals surface area contributed by atoms with Crippen molar-refractivity contribution >= 4 is 17.6 Å². The molecule has 0 unspecified atom stereocenters. The summed E-state index contributed by atoms with van der Waals surface area (Å²) in [5.74, 6) is -1.13. The number of anilines is 1. The molecule has 138 valence electrons. The second-order valence-electron chi connectivity index (χ2n) is 6.01. The first kappa shape index (κ1) is 19.5. The van der Waals surface area contributed by atoms with Gasteiger partial charge in [0.1, 0.15) is 0 Å². The van der Waals surface area contributed by atoms with Gasteiger partial charge in [-0.2, -0.15) is 13.2 Å². The zero-order chi connectivity index (χ0) is 19.5. The molecule has 7 heteroatoms. The van der Waals surface area contributed by atoms with E-state index in [1.54, 1.807) is 19.9 Å². The van der Waals surface area contributed by atoms with Crippen LogP contribution in [0.5, 0.6) is 0 Å². The second-order valence-corrected chi connectivity index (χ2v) is 6.01. The van der Waals surface area contributed by atoms with Gasteiger partial charge in [0.2, 0.25) is 5.91 Å². The third-order valence-electron chi connectivity index (χ3n) is 3.69. The molecule has 4 nitrogen and oxygen atoms in total. The number of rotatable bonds is 4. The SMILES string of the molecule is COC(=O)c1cc(NC(=O)C(C)C)cc(-c2ccc(C(F)(F)F)cc2)c1.